The van der Waals surface area contributed by atoms with Crippen molar-refractivity contribution in [3.8, 4) is 0 Å². The van der Waals surface area contributed by atoms with Gasteiger partial charge in [-0.3, -0.25) is 9.78 Å². The molecule has 0 atom stereocenters. The van der Waals surface area contributed by atoms with E-state index in [9.17, 15) is 9.18 Å². The lowest BCUT2D eigenvalue weighted by atomic mass is 10.2. The predicted molar refractivity (Wildman–Crippen MR) is 96.9 cm³/mol. The van der Waals surface area contributed by atoms with E-state index in [1.54, 1.807) is 19.3 Å². The number of rotatable bonds is 5. The van der Waals surface area contributed by atoms with Crippen LogP contribution in [-0.4, -0.2) is 20.9 Å². The summed E-state index contributed by atoms with van der Waals surface area (Å²) in [6, 6.07) is 9.38. The number of aryl methyl sites for hydroxylation is 1. The molecule has 1 amide bonds. The maximum atomic E-state index is 13.3. The quantitative estimate of drug-likeness (QED) is 0.715. The topological polar surface area (TPSA) is 79.8 Å². The SMILES string of the molecule is Cc1nc(Nc2ccc(F)c(Cl)c2)cc(C(=O)NCc2ccncc2)n1. The van der Waals surface area contributed by atoms with E-state index in [1.807, 2.05) is 12.1 Å². The molecule has 0 unspecified atom stereocenters. The van der Waals surface area contributed by atoms with Crippen LogP contribution in [0.3, 0.4) is 0 Å². The summed E-state index contributed by atoms with van der Waals surface area (Å²) in [5, 5.41) is 5.78. The molecule has 1 aromatic carbocycles. The largest absolute Gasteiger partial charge is 0.347 e. The summed E-state index contributed by atoms with van der Waals surface area (Å²) in [7, 11) is 0. The number of carbonyl (C=O) groups is 1. The standard InChI is InChI=1S/C18H15ClFN5O/c1-11-23-16(18(26)22-10-12-4-6-21-7-5-12)9-17(24-11)25-13-2-3-15(20)14(19)8-13/h2-9H,10H2,1H3,(H,22,26)(H,23,24,25). The van der Waals surface area contributed by atoms with Gasteiger partial charge >= 0.3 is 0 Å². The monoisotopic (exact) mass is 371 g/mol. The van der Waals surface area contributed by atoms with Gasteiger partial charge in [0.25, 0.3) is 5.91 Å². The van der Waals surface area contributed by atoms with E-state index in [-0.39, 0.29) is 16.6 Å². The van der Waals surface area contributed by atoms with Crippen LogP contribution >= 0.6 is 11.6 Å². The molecular weight excluding hydrogens is 357 g/mol. The zero-order valence-corrected chi connectivity index (χ0v) is 14.6. The fourth-order valence-corrected chi connectivity index (χ4v) is 2.42. The number of anilines is 2. The minimum Gasteiger partial charge on any atom is -0.347 e. The van der Waals surface area contributed by atoms with Crippen LogP contribution in [0.2, 0.25) is 5.02 Å². The molecule has 6 nitrogen and oxygen atoms in total. The molecule has 0 aliphatic carbocycles. The maximum Gasteiger partial charge on any atom is 0.270 e. The summed E-state index contributed by atoms with van der Waals surface area (Å²) in [4.78, 5) is 24.7. The van der Waals surface area contributed by atoms with Gasteiger partial charge in [-0.2, -0.15) is 0 Å². The normalized spacial score (nSPS) is 10.4. The van der Waals surface area contributed by atoms with E-state index in [2.05, 4.69) is 25.6 Å². The molecule has 0 radical (unpaired) electrons. The number of pyridine rings is 1. The Morgan fingerprint density at radius 1 is 1.15 bits per heavy atom. The first-order valence-corrected chi connectivity index (χ1v) is 8.14. The molecule has 132 valence electrons. The van der Waals surface area contributed by atoms with Crippen LogP contribution in [0.4, 0.5) is 15.9 Å². The van der Waals surface area contributed by atoms with Gasteiger partial charge in [0, 0.05) is 30.7 Å². The van der Waals surface area contributed by atoms with Crippen LogP contribution in [-0.2, 0) is 6.54 Å². The summed E-state index contributed by atoms with van der Waals surface area (Å²) in [5.74, 6) is 0.00581. The average Bonchev–Trinajstić information content (AvgIpc) is 2.63. The van der Waals surface area contributed by atoms with Gasteiger partial charge in [0.15, 0.2) is 0 Å². The Balaban J connectivity index is 1.74. The van der Waals surface area contributed by atoms with Crippen molar-refractivity contribution in [2.75, 3.05) is 5.32 Å². The summed E-state index contributed by atoms with van der Waals surface area (Å²) < 4.78 is 13.3. The average molecular weight is 372 g/mol. The van der Waals surface area contributed by atoms with Gasteiger partial charge in [0.05, 0.1) is 5.02 Å². The van der Waals surface area contributed by atoms with Gasteiger partial charge in [-0.1, -0.05) is 11.6 Å². The van der Waals surface area contributed by atoms with Crippen molar-refractivity contribution in [3.63, 3.8) is 0 Å². The number of aromatic nitrogens is 3. The molecule has 2 N–H and O–H groups in total. The first-order valence-electron chi connectivity index (χ1n) is 7.76. The third-order valence-electron chi connectivity index (χ3n) is 3.47. The maximum absolute atomic E-state index is 13.3. The fraction of sp³-hybridized carbons (Fsp3) is 0.111. The molecule has 2 heterocycles. The van der Waals surface area contributed by atoms with Crippen molar-refractivity contribution < 1.29 is 9.18 Å². The van der Waals surface area contributed by atoms with E-state index < -0.39 is 5.82 Å². The second-order valence-corrected chi connectivity index (χ2v) is 5.88. The number of benzene rings is 1. The van der Waals surface area contributed by atoms with E-state index in [1.165, 1.54) is 24.3 Å². The lowest BCUT2D eigenvalue weighted by molar-refractivity contribution is 0.0945. The number of nitrogens with one attached hydrogen (secondary N) is 2. The van der Waals surface area contributed by atoms with Gasteiger partial charge in [0.1, 0.15) is 23.2 Å². The molecule has 0 spiro atoms. The third kappa shape index (κ3) is 4.52. The fourth-order valence-electron chi connectivity index (χ4n) is 2.24. The summed E-state index contributed by atoms with van der Waals surface area (Å²) in [5.41, 5.74) is 1.71. The lowest BCUT2D eigenvalue weighted by Gasteiger charge is -2.10. The van der Waals surface area contributed by atoms with Gasteiger partial charge in [0.2, 0.25) is 0 Å². The van der Waals surface area contributed by atoms with Crippen molar-refractivity contribution in [1.29, 1.82) is 0 Å². The predicted octanol–water partition coefficient (Wildman–Crippen LogP) is 3.65. The minimum absolute atomic E-state index is 0.00362. The number of hydrogen-bond donors (Lipinski definition) is 2. The molecule has 0 saturated carbocycles. The molecule has 8 heteroatoms. The molecule has 3 aromatic rings. The number of hydrogen-bond acceptors (Lipinski definition) is 5. The molecule has 3 rings (SSSR count). The van der Waals surface area contributed by atoms with Crippen LogP contribution in [0.5, 0.6) is 0 Å². The molecular formula is C18H15ClFN5O. The van der Waals surface area contributed by atoms with Crippen LogP contribution in [0.15, 0.2) is 48.8 Å². The van der Waals surface area contributed by atoms with Crippen LogP contribution < -0.4 is 10.6 Å². The molecule has 26 heavy (non-hydrogen) atoms. The Morgan fingerprint density at radius 3 is 2.65 bits per heavy atom. The summed E-state index contributed by atoms with van der Waals surface area (Å²) in [6.45, 7) is 2.04. The van der Waals surface area contributed by atoms with Crippen LogP contribution in [0, 0.1) is 12.7 Å². The van der Waals surface area contributed by atoms with Crippen molar-refractivity contribution in [3.05, 3.63) is 76.7 Å². The van der Waals surface area contributed by atoms with Crippen LogP contribution in [0.25, 0.3) is 0 Å². The number of halogens is 2. The first kappa shape index (κ1) is 17.8. The second kappa shape index (κ2) is 7.88. The Kier molecular flexibility index (Phi) is 5.38. The molecule has 0 aliphatic rings. The molecule has 0 saturated heterocycles. The minimum atomic E-state index is -0.507. The Bertz CT molecular complexity index is 936. The summed E-state index contributed by atoms with van der Waals surface area (Å²) in [6.07, 6.45) is 3.32. The number of amides is 1. The lowest BCUT2D eigenvalue weighted by Crippen LogP contribution is -2.24. The highest BCUT2D eigenvalue weighted by atomic mass is 35.5. The molecule has 0 aliphatic heterocycles. The zero-order valence-electron chi connectivity index (χ0n) is 13.8. The third-order valence-corrected chi connectivity index (χ3v) is 3.75. The van der Waals surface area contributed by atoms with Gasteiger partial charge in [-0.05, 0) is 42.8 Å². The Hall–Kier alpha value is -3.06. The zero-order chi connectivity index (χ0) is 18.5. The Labute approximate surface area is 154 Å². The Morgan fingerprint density at radius 2 is 1.92 bits per heavy atom. The highest BCUT2D eigenvalue weighted by Crippen LogP contribution is 2.22. The van der Waals surface area contributed by atoms with Crippen molar-refractivity contribution in [1.82, 2.24) is 20.3 Å². The van der Waals surface area contributed by atoms with E-state index in [4.69, 9.17) is 11.6 Å². The smallest absolute Gasteiger partial charge is 0.270 e. The van der Waals surface area contributed by atoms with Gasteiger partial charge in [-0.15, -0.1) is 0 Å². The van der Waals surface area contributed by atoms with Crippen LogP contribution in [0.1, 0.15) is 21.9 Å². The molecule has 0 fully saturated rings. The molecule has 0 bridgehead atoms. The highest BCUT2D eigenvalue weighted by molar-refractivity contribution is 6.31. The highest BCUT2D eigenvalue weighted by Gasteiger charge is 2.11. The number of carbonyl (C=O) groups excluding carboxylic acids is 1. The van der Waals surface area contributed by atoms with E-state index in [0.717, 1.165) is 5.56 Å². The van der Waals surface area contributed by atoms with Gasteiger partial charge in [-0.25, -0.2) is 14.4 Å². The first-order chi connectivity index (χ1) is 12.5. The van der Waals surface area contributed by atoms with Crippen molar-refractivity contribution in [2.45, 2.75) is 13.5 Å². The van der Waals surface area contributed by atoms with Gasteiger partial charge < -0.3 is 10.6 Å². The van der Waals surface area contributed by atoms with E-state index in [0.29, 0.717) is 23.9 Å². The molecule has 2 aromatic heterocycles. The van der Waals surface area contributed by atoms with Crippen molar-refractivity contribution >= 4 is 29.0 Å². The van der Waals surface area contributed by atoms with E-state index >= 15 is 0 Å². The summed E-state index contributed by atoms with van der Waals surface area (Å²) >= 11 is 5.78. The van der Waals surface area contributed by atoms with Crippen molar-refractivity contribution in [2.24, 2.45) is 0 Å². The second-order valence-electron chi connectivity index (χ2n) is 5.48. The number of nitrogens with zero attached hydrogens (tertiary/aromatic N) is 3.